The summed E-state index contributed by atoms with van der Waals surface area (Å²) in [6.45, 7) is 9.35. The van der Waals surface area contributed by atoms with Gasteiger partial charge >= 0.3 is 8.56 Å². The van der Waals surface area contributed by atoms with Crippen molar-refractivity contribution < 1.29 is 8.85 Å². The third-order valence-corrected chi connectivity index (χ3v) is 9.79. The summed E-state index contributed by atoms with van der Waals surface area (Å²) >= 11 is 0. The quantitative estimate of drug-likeness (QED) is 0.492. The Morgan fingerprint density at radius 3 is 2.32 bits per heavy atom. The van der Waals surface area contributed by atoms with Crippen molar-refractivity contribution in [3.63, 3.8) is 0 Å². The van der Waals surface area contributed by atoms with Gasteiger partial charge in [0.05, 0.1) is 0 Å². The lowest BCUT2D eigenvalue weighted by Gasteiger charge is -2.69. The molecular formula is C16H35N3O2Si. The van der Waals surface area contributed by atoms with E-state index in [1.165, 1.54) is 25.7 Å². The van der Waals surface area contributed by atoms with Crippen LogP contribution in [0.1, 0.15) is 52.9 Å². The highest BCUT2D eigenvalue weighted by atomic mass is 28.4. The van der Waals surface area contributed by atoms with Gasteiger partial charge in [0.2, 0.25) is 5.97 Å². The molecular weight excluding hydrogens is 294 g/mol. The number of hydrogen-bond donors (Lipinski definition) is 3. The van der Waals surface area contributed by atoms with Crippen LogP contribution >= 0.6 is 0 Å². The maximum Gasteiger partial charge on any atom is 0.338 e. The second-order valence-corrected chi connectivity index (χ2v) is 11.8. The van der Waals surface area contributed by atoms with E-state index in [9.17, 15) is 0 Å². The summed E-state index contributed by atoms with van der Waals surface area (Å²) in [6.07, 6.45) is 6.50. The average molecular weight is 330 g/mol. The Labute approximate surface area is 136 Å². The first-order valence-corrected chi connectivity index (χ1v) is 11.1. The van der Waals surface area contributed by atoms with Gasteiger partial charge in [0.1, 0.15) is 0 Å². The van der Waals surface area contributed by atoms with Crippen LogP contribution in [0.2, 0.25) is 12.6 Å². The van der Waals surface area contributed by atoms with Gasteiger partial charge in [-0.3, -0.25) is 17.2 Å². The molecule has 0 heterocycles. The Balaban J connectivity index is 1.95. The van der Waals surface area contributed by atoms with E-state index in [0.717, 1.165) is 24.3 Å². The van der Waals surface area contributed by atoms with Crippen molar-refractivity contribution in [3.05, 3.63) is 0 Å². The van der Waals surface area contributed by atoms with E-state index < -0.39 is 14.5 Å². The molecule has 4 unspecified atom stereocenters. The zero-order valence-corrected chi connectivity index (χ0v) is 15.9. The van der Waals surface area contributed by atoms with Crippen molar-refractivity contribution in [1.29, 1.82) is 0 Å². The molecule has 6 N–H and O–H groups in total. The highest BCUT2D eigenvalue weighted by Gasteiger charge is 2.63. The summed E-state index contributed by atoms with van der Waals surface area (Å²) in [5, 5.41) is 0. The summed E-state index contributed by atoms with van der Waals surface area (Å²) in [5.41, 5.74) is 17.8. The van der Waals surface area contributed by atoms with Gasteiger partial charge < -0.3 is 8.85 Å². The molecule has 22 heavy (non-hydrogen) atoms. The topological polar surface area (TPSA) is 96.5 Å². The van der Waals surface area contributed by atoms with E-state index in [4.69, 9.17) is 26.1 Å². The van der Waals surface area contributed by atoms with E-state index in [-0.39, 0.29) is 0 Å². The summed E-state index contributed by atoms with van der Waals surface area (Å²) < 4.78 is 11.2. The zero-order chi connectivity index (χ0) is 16.8. The predicted octanol–water partition coefficient (Wildman–Crippen LogP) is 2.45. The van der Waals surface area contributed by atoms with Gasteiger partial charge in [0.15, 0.2) is 0 Å². The van der Waals surface area contributed by atoms with Crippen molar-refractivity contribution >= 4 is 8.56 Å². The fraction of sp³-hybridized carbons (Fsp3) is 1.00. The molecule has 0 spiro atoms. The minimum absolute atomic E-state index is 0.468. The monoisotopic (exact) mass is 329 g/mol. The van der Waals surface area contributed by atoms with Crippen molar-refractivity contribution in [3.8, 4) is 0 Å². The van der Waals surface area contributed by atoms with Crippen LogP contribution in [0.3, 0.4) is 0 Å². The smallest absolute Gasteiger partial charge is 0.338 e. The van der Waals surface area contributed by atoms with Crippen LogP contribution < -0.4 is 17.2 Å². The largest absolute Gasteiger partial charge is 0.398 e. The number of fused-ring (bicyclic) bond motifs is 2. The van der Waals surface area contributed by atoms with Gasteiger partial charge in [-0.25, -0.2) is 0 Å². The molecule has 0 saturated heterocycles. The fourth-order valence-corrected chi connectivity index (χ4v) is 7.18. The molecule has 3 saturated carbocycles. The van der Waals surface area contributed by atoms with Gasteiger partial charge in [-0.15, -0.1) is 0 Å². The minimum Gasteiger partial charge on any atom is -0.398 e. The minimum atomic E-state index is -2.40. The normalized spacial score (nSPS) is 36.5. The Morgan fingerprint density at radius 2 is 1.86 bits per heavy atom. The molecule has 3 fully saturated rings. The molecule has 5 nitrogen and oxygen atoms in total. The molecule has 3 aliphatic rings. The van der Waals surface area contributed by atoms with E-state index in [1.54, 1.807) is 7.11 Å². The molecule has 0 radical (unpaired) electrons. The van der Waals surface area contributed by atoms with E-state index in [2.05, 4.69) is 20.8 Å². The lowest BCUT2D eigenvalue weighted by Crippen LogP contribution is -2.65. The van der Waals surface area contributed by atoms with Crippen molar-refractivity contribution in [2.75, 3.05) is 7.11 Å². The SMILES string of the molecule is CO[Si](C)(CCCC12CC(CCC1C)C2(C)C)OC(N)(N)N. The third kappa shape index (κ3) is 3.14. The van der Waals surface area contributed by atoms with Gasteiger partial charge in [0.25, 0.3) is 0 Å². The predicted molar refractivity (Wildman–Crippen MR) is 91.8 cm³/mol. The first kappa shape index (κ1) is 18.4. The van der Waals surface area contributed by atoms with Crippen LogP contribution in [0, 0.1) is 22.7 Å². The Hall–Kier alpha value is 0.0169. The van der Waals surface area contributed by atoms with Crippen LogP contribution in [-0.2, 0) is 8.85 Å². The first-order chi connectivity index (χ1) is 9.96. The van der Waals surface area contributed by atoms with Crippen LogP contribution in [0.25, 0.3) is 0 Å². The highest BCUT2D eigenvalue weighted by Crippen LogP contribution is 2.71. The number of nitrogens with two attached hydrogens (primary N) is 3. The Morgan fingerprint density at radius 1 is 1.23 bits per heavy atom. The van der Waals surface area contributed by atoms with Crippen LogP contribution in [0.4, 0.5) is 0 Å². The fourth-order valence-electron chi connectivity index (χ4n) is 5.22. The molecule has 0 aliphatic heterocycles. The van der Waals surface area contributed by atoms with Crippen molar-refractivity contribution in [2.24, 2.45) is 39.9 Å². The Bertz CT molecular complexity index is 413. The average Bonchev–Trinajstić information content (AvgIpc) is 2.38. The Kier molecular flexibility index (Phi) is 4.86. The van der Waals surface area contributed by atoms with Gasteiger partial charge in [-0.05, 0) is 60.9 Å². The molecule has 3 rings (SSSR count). The molecule has 0 aromatic carbocycles. The van der Waals surface area contributed by atoms with Crippen molar-refractivity contribution in [2.45, 2.75) is 71.4 Å². The van der Waals surface area contributed by atoms with Crippen LogP contribution in [0.5, 0.6) is 0 Å². The van der Waals surface area contributed by atoms with E-state index in [1.807, 2.05) is 6.55 Å². The molecule has 6 heteroatoms. The second kappa shape index (κ2) is 5.83. The number of hydrogen-bond acceptors (Lipinski definition) is 5. The molecule has 4 atom stereocenters. The van der Waals surface area contributed by atoms with Crippen molar-refractivity contribution in [1.82, 2.24) is 0 Å². The third-order valence-electron chi connectivity index (χ3n) is 6.88. The summed E-state index contributed by atoms with van der Waals surface area (Å²) in [6, 6.07) is 0.881. The van der Waals surface area contributed by atoms with Gasteiger partial charge in [-0.1, -0.05) is 27.2 Å². The molecule has 0 aromatic rings. The maximum absolute atomic E-state index is 5.64. The second-order valence-electron chi connectivity index (χ2n) is 8.40. The van der Waals surface area contributed by atoms with Gasteiger partial charge in [0, 0.05) is 7.11 Å². The van der Waals surface area contributed by atoms with E-state index >= 15 is 0 Å². The highest BCUT2D eigenvalue weighted by molar-refractivity contribution is 6.66. The molecule has 0 aromatic heterocycles. The maximum atomic E-state index is 5.64. The van der Waals surface area contributed by atoms with Crippen LogP contribution in [-0.4, -0.2) is 21.6 Å². The summed E-state index contributed by atoms with van der Waals surface area (Å²) in [7, 11) is -0.733. The zero-order valence-electron chi connectivity index (χ0n) is 14.9. The molecule has 2 bridgehead atoms. The number of rotatable bonds is 7. The van der Waals surface area contributed by atoms with Crippen LogP contribution in [0.15, 0.2) is 0 Å². The first-order valence-electron chi connectivity index (χ1n) is 8.58. The van der Waals surface area contributed by atoms with Gasteiger partial charge in [-0.2, -0.15) is 0 Å². The lowest BCUT2D eigenvalue weighted by atomic mass is 9.36. The molecule has 3 aliphatic carbocycles. The standard InChI is InChI=1S/C16H35N3O2Si/c1-12-7-8-13-11-15(12,14(13,2)3)9-6-10-22(5,20-4)21-16(17,18)19/h12-13H,6-11,17-19H2,1-5H3. The molecule has 0 amide bonds. The summed E-state index contributed by atoms with van der Waals surface area (Å²) in [5.74, 6) is 0.117. The van der Waals surface area contributed by atoms with E-state index in [0.29, 0.717) is 10.8 Å². The lowest BCUT2D eigenvalue weighted by molar-refractivity contribution is -0.199. The molecule has 130 valence electrons. The summed E-state index contributed by atoms with van der Waals surface area (Å²) in [4.78, 5) is 0.